The molecule has 0 spiro atoms. The van der Waals surface area contributed by atoms with Crippen molar-refractivity contribution in [2.45, 2.75) is 6.92 Å². The highest BCUT2D eigenvalue weighted by Crippen LogP contribution is 2.14. The third kappa shape index (κ3) is 3.02. The van der Waals surface area contributed by atoms with Crippen molar-refractivity contribution in [2.24, 2.45) is 0 Å². The van der Waals surface area contributed by atoms with Gasteiger partial charge in [-0.2, -0.15) is 0 Å². The minimum Gasteiger partial charge on any atom is -0.508 e. The van der Waals surface area contributed by atoms with Crippen LogP contribution in [0, 0.1) is 0 Å². The van der Waals surface area contributed by atoms with Crippen molar-refractivity contribution in [3.05, 3.63) is 24.3 Å². The number of phenols is 1. The van der Waals surface area contributed by atoms with Gasteiger partial charge in [-0.3, -0.25) is 0 Å². The highest BCUT2D eigenvalue weighted by molar-refractivity contribution is 5.89. The van der Waals surface area contributed by atoms with E-state index in [0.29, 0.717) is 12.2 Å². The molecule has 0 fully saturated rings. The summed E-state index contributed by atoms with van der Waals surface area (Å²) in [6.45, 7) is 2.41. The van der Waals surface area contributed by atoms with Crippen LogP contribution in [0.2, 0.25) is 0 Å². The first-order valence-electron chi connectivity index (χ1n) is 4.06. The lowest BCUT2D eigenvalue weighted by Crippen LogP contribution is -2.28. The number of carbonyl (C=O) groups is 1. The topological polar surface area (TPSA) is 61.4 Å². The zero-order chi connectivity index (χ0) is 9.68. The van der Waals surface area contributed by atoms with Crippen LogP contribution in [0.3, 0.4) is 0 Å². The second-order valence-corrected chi connectivity index (χ2v) is 2.53. The number of amides is 2. The molecule has 0 aliphatic rings. The van der Waals surface area contributed by atoms with Gasteiger partial charge in [0.25, 0.3) is 0 Å². The average molecular weight is 180 g/mol. The first-order valence-corrected chi connectivity index (χ1v) is 4.06. The van der Waals surface area contributed by atoms with Gasteiger partial charge in [0, 0.05) is 18.3 Å². The van der Waals surface area contributed by atoms with Crippen LogP contribution in [-0.2, 0) is 0 Å². The first kappa shape index (κ1) is 9.38. The summed E-state index contributed by atoms with van der Waals surface area (Å²) in [5.74, 6) is 0.134. The fraction of sp³-hybridized carbons (Fsp3) is 0.222. The standard InChI is InChI=1S/C9H12N2O2/c1-2-10-9(13)11-7-4-3-5-8(12)6-7/h3-6,12H,2H2,1H3,(H2,10,11,13). The third-order valence-corrected chi connectivity index (χ3v) is 1.44. The molecule has 0 aliphatic heterocycles. The molecule has 3 N–H and O–H groups in total. The summed E-state index contributed by atoms with van der Waals surface area (Å²) in [6, 6.07) is 6.12. The molecule has 0 aliphatic carbocycles. The van der Waals surface area contributed by atoms with E-state index in [-0.39, 0.29) is 11.8 Å². The highest BCUT2D eigenvalue weighted by Gasteiger charge is 1.99. The summed E-state index contributed by atoms with van der Waals surface area (Å²) < 4.78 is 0. The number of hydrogen-bond donors (Lipinski definition) is 3. The van der Waals surface area contributed by atoms with Crippen LogP contribution in [0.4, 0.5) is 10.5 Å². The van der Waals surface area contributed by atoms with E-state index in [1.54, 1.807) is 18.2 Å². The van der Waals surface area contributed by atoms with E-state index < -0.39 is 0 Å². The fourth-order valence-corrected chi connectivity index (χ4v) is 0.920. The number of carbonyl (C=O) groups excluding carboxylic acids is 1. The number of anilines is 1. The van der Waals surface area contributed by atoms with Crippen LogP contribution in [0.15, 0.2) is 24.3 Å². The maximum absolute atomic E-state index is 11.0. The molecule has 0 aromatic heterocycles. The number of nitrogens with one attached hydrogen (secondary N) is 2. The SMILES string of the molecule is CCNC(=O)Nc1cccc(O)c1. The summed E-state index contributed by atoms with van der Waals surface area (Å²) in [7, 11) is 0. The van der Waals surface area contributed by atoms with Gasteiger partial charge in [0.15, 0.2) is 0 Å². The van der Waals surface area contributed by atoms with Crippen molar-refractivity contribution >= 4 is 11.7 Å². The van der Waals surface area contributed by atoms with Gasteiger partial charge in [-0.05, 0) is 19.1 Å². The molecule has 70 valence electrons. The smallest absolute Gasteiger partial charge is 0.319 e. The Kier molecular flexibility index (Phi) is 3.14. The van der Waals surface area contributed by atoms with Gasteiger partial charge < -0.3 is 15.7 Å². The molecule has 1 aromatic rings. The lowest BCUT2D eigenvalue weighted by Gasteiger charge is -2.05. The molecule has 0 heterocycles. The molecular formula is C9H12N2O2. The minimum absolute atomic E-state index is 0.134. The van der Waals surface area contributed by atoms with Crippen molar-refractivity contribution in [3.63, 3.8) is 0 Å². The van der Waals surface area contributed by atoms with Crippen LogP contribution < -0.4 is 10.6 Å². The van der Waals surface area contributed by atoms with Gasteiger partial charge in [0.1, 0.15) is 5.75 Å². The number of urea groups is 1. The molecule has 0 unspecified atom stereocenters. The first-order chi connectivity index (χ1) is 6.22. The molecular weight excluding hydrogens is 168 g/mol. The Morgan fingerprint density at radius 2 is 2.31 bits per heavy atom. The summed E-state index contributed by atoms with van der Waals surface area (Å²) in [6.07, 6.45) is 0. The number of benzene rings is 1. The van der Waals surface area contributed by atoms with Crippen molar-refractivity contribution in [1.82, 2.24) is 5.32 Å². The maximum atomic E-state index is 11.0. The fourth-order valence-electron chi connectivity index (χ4n) is 0.920. The second kappa shape index (κ2) is 4.35. The summed E-state index contributed by atoms with van der Waals surface area (Å²) >= 11 is 0. The molecule has 4 heteroatoms. The monoisotopic (exact) mass is 180 g/mol. The molecule has 1 rings (SSSR count). The molecule has 0 atom stereocenters. The zero-order valence-electron chi connectivity index (χ0n) is 7.37. The predicted octanol–water partition coefficient (Wildman–Crippen LogP) is 1.53. The van der Waals surface area contributed by atoms with E-state index in [0.717, 1.165) is 0 Å². The summed E-state index contributed by atoms with van der Waals surface area (Å²) in [4.78, 5) is 11.0. The quantitative estimate of drug-likeness (QED) is 0.646. The Balaban J connectivity index is 2.58. The molecule has 0 saturated carbocycles. The van der Waals surface area contributed by atoms with Gasteiger partial charge in [0.05, 0.1) is 0 Å². The van der Waals surface area contributed by atoms with Crippen LogP contribution in [-0.4, -0.2) is 17.7 Å². The Morgan fingerprint density at radius 3 is 2.92 bits per heavy atom. The molecule has 0 saturated heterocycles. The zero-order valence-corrected chi connectivity index (χ0v) is 7.37. The molecule has 1 aromatic carbocycles. The summed E-state index contributed by atoms with van der Waals surface area (Å²) in [5, 5.41) is 14.2. The van der Waals surface area contributed by atoms with Gasteiger partial charge in [-0.1, -0.05) is 6.07 Å². The Bertz CT molecular complexity index is 299. The molecule has 0 radical (unpaired) electrons. The Morgan fingerprint density at radius 1 is 1.54 bits per heavy atom. The molecule has 0 bridgehead atoms. The van der Waals surface area contributed by atoms with Crippen LogP contribution in [0.25, 0.3) is 0 Å². The molecule has 4 nitrogen and oxygen atoms in total. The highest BCUT2D eigenvalue weighted by atomic mass is 16.3. The van der Waals surface area contributed by atoms with Crippen LogP contribution in [0.1, 0.15) is 6.92 Å². The van der Waals surface area contributed by atoms with E-state index >= 15 is 0 Å². The minimum atomic E-state index is -0.270. The van der Waals surface area contributed by atoms with Gasteiger partial charge >= 0.3 is 6.03 Å². The van der Waals surface area contributed by atoms with E-state index in [9.17, 15) is 4.79 Å². The van der Waals surface area contributed by atoms with E-state index in [1.165, 1.54) is 6.07 Å². The van der Waals surface area contributed by atoms with Crippen LogP contribution >= 0.6 is 0 Å². The molecule has 2 amide bonds. The van der Waals surface area contributed by atoms with Gasteiger partial charge in [0.2, 0.25) is 0 Å². The Hall–Kier alpha value is -1.71. The average Bonchev–Trinajstić information content (AvgIpc) is 2.04. The van der Waals surface area contributed by atoms with Crippen molar-refractivity contribution < 1.29 is 9.90 Å². The van der Waals surface area contributed by atoms with Gasteiger partial charge in [-0.25, -0.2) is 4.79 Å². The second-order valence-electron chi connectivity index (χ2n) is 2.53. The number of aromatic hydroxyl groups is 1. The van der Waals surface area contributed by atoms with Gasteiger partial charge in [-0.15, -0.1) is 0 Å². The van der Waals surface area contributed by atoms with E-state index in [2.05, 4.69) is 10.6 Å². The Labute approximate surface area is 76.6 Å². The van der Waals surface area contributed by atoms with Crippen molar-refractivity contribution in [1.29, 1.82) is 0 Å². The van der Waals surface area contributed by atoms with Crippen molar-refractivity contribution in [3.8, 4) is 5.75 Å². The number of rotatable bonds is 2. The largest absolute Gasteiger partial charge is 0.508 e. The lowest BCUT2D eigenvalue weighted by atomic mass is 10.3. The summed E-state index contributed by atoms with van der Waals surface area (Å²) in [5.41, 5.74) is 0.575. The number of hydrogen-bond acceptors (Lipinski definition) is 2. The van der Waals surface area contributed by atoms with Crippen molar-refractivity contribution in [2.75, 3.05) is 11.9 Å². The van der Waals surface area contributed by atoms with E-state index in [4.69, 9.17) is 5.11 Å². The predicted molar refractivity (Wildman–Crippen MR) is 50.8 cm³/mol. The molecule has 13 heavy (non-hydrogen) atoms. The maximum Gasteiger partial charge on any atom is 0.319 e. The third-order valence-electron chi connectivity index (χ3n) is 1.44. The lowest BCUT2D eigenvalue weighted by molar-refractivity contribution is 0.252. The normalized spacial score (nSPS) is 9.31. The van der Waals surface area contributed by atoms with E-state index in [1.807, 2.05) is 6.92 Å². The number of phenolic OH excluding ortho intramolecular Hbond substituents is 1. The van der Waals surface area contributed by atoms with Crippen LogP contribution in [0.5, 0.6) is 5.75 Å².